The van der Waals surface area contributed by atoms with Gasteiger partial charge in [0.25, 0.3) is 0 Å². The zero-order valence-corrected chi connectivity index (χ0v) is 17.9. The van der Waals surface area contributed by atoms with Gasteiger partial charge in [0.15, 0.2) is 0 Å². The van der Waals surface area contributed by atoms with E-state index in [2.05, 4.69) is 4.72 Å². The van der Waals surface area contributed by atoms with Crippen molar-refractivity contribution in [3.63, 3.8) is 0 Å². The molecule has 0 aliphatic rings. The minimum atomic E-state index is -3.51. The number of nitrogens with two attached hydrogens (primary N) is 1. The number of benzene rings is 3. The number of rotatable bonds is 9. The molecule has 0 saturated carbocycles. The molecule has 0 aliphatic carbocycles. The Bertz CT molecular complexity index is 1070. The highest BCUT2D eigenvalue weighted by Gasteiger charge is 2.12. The average Bonchev–Trinajstić information content (AvgIpc) is 2.69. The van der Waals surface area contributed by atoms with Gasteiger partial charge < -0.3 is 10.5 Å². The summed E-state index contributed by atoms with van der Waals surface area (Å²) >= 11 is 0. The van der Waals surface area contributed by atoms with E-state index in [1.54, 1.807) is 48.5 Å². The van der Waals surface area contributed by atoms with Gasteiger partial charge in [-0.25, -0.2) is 8.42 Å². The largest absolute Gasteiger partial charge is 0.493 e. The summed E-state index contributed by atoms with van der Waals surface area (Å²) in [6, 6.07) is 23.4. The van der Waals surface area contributed by atoms with Crippen molar-refractivity contribution in [2.75, 3.05) is 11.3 Å². The molecular weight excluding hydrogens is 422 g/mol. The Morgan fingerprint density at radius 3 is 2.30 bits per heavy atom. The van der Waals surface area contributed by atoms with Gasteiger partial charge >= 0.3 is 0 Å². The van der Waals surface area contributed by atoms with Crippen LogP contribution in [0.15, 0.2) is 78.9 Å². The van der Waals surface area contributed by atoms with E-state index in [1.807, 2.05) is 30.3 Å². The molecule has 0 fully saturated rings. The number of nitrogens with one attached hydrogen (secondary N) is 2. The molecule has 0 aromatic heterocycles. The highest BCUT2D eigenvalue weighted by molar-refractivity contribution is 7.91. The van der Waals surface area contributed by atoms with E-state index < -0.39 is 10.0 Å². The molecule has 0 unspecified atom stereocenters. The van der Waals surface area contributed by atoms with Crippen LogP contribution >= 0.6 is 12.4 Å². The van der Waals surface area contributed by atoms with E-state index in [1.165, 1.54) is 0 Å². The Hall–Kier alpha value is -3.03. The molecule has 30 heavy (non-hydrogen) atoms. The van der Waals surface area contributed by atoms with Crippen LogP contribution in [0.4, 0.5) is 5.69 Å². The lowest BCUT2D eigenvalue weighted by molar-refractivity contribution is 0.322. The van der Waals surface area contributed by atoms with Gasteiger partial charge in [-0.3, -0.25) is 10.1 Å². The van der Waals surface area contributed by atoms with E-state index in [0.29, 0.717) is 30.0 Å². The summed E-state index contributed by atoms with van der Waals surface area (Å²) in [5.74, 6) is 0.541. The zero-order chi connectivity index (χ0) is 20.7. The zero-order valence-electron chi connectivity index (χ0n) is 16.2. The van der Waals surface area contributed by atoms with Crippen molar-refractivity contribution in [1.82, 2.24) is 0 Å². The number of ether oxygens (including phenoxy) is 1. The third kappa shape index (κ3) is 7.09. The topological polar surface area (TPSA) is 105 Å². The summed E-state index contributed by atoms with van der Waals surface area (Å²) in [7, 11) is -3.51. The van der Waals surface area contributed by atoms with E-state index in [-0.39, 0.29) is 24.0 Å². The highest BCUT2D eigenvalue weighted by atomic mass is 35.5. The number of hydrogen-bond acceptors (Lipinski definition) is 4. The summed E-state index contributed by atoms with van der Waals surface area (Å²) in [6.07, 6.45) is 0.683. The second-order valence-electron chi connectivity index (χ2n) is 6.58. The summed E-state index contributed by atoms with van der Waals surface area (Å²) in [5, 5.41) is 7.41. The fourth-order valence-electron chi connectivity index (χ4n) is 2.80. The Kier molecular flexibility index (Phi) is 8.26. The first kappa shape index (κ1) is 23.3. The van der Waals surface area contributed by atoms with Crippen LogP contribution in [-0.4, -0.2) is 20.9 Å². The smallest absolute Gasteiger partial charge is 0.236 e. The Morgan fingerprint density at radius 1 is 0.933 bits per heavy atom. The van der Waals surface area contributed by atoms with Crippen molar-refractivity contribution in [3.8, 4) is 5.75 Å². The minimum absolute atomic E-state index is 0. The molecule has 8 heteroatoms. The maximum Gasteiger partial charge on any atom is 0.236 e. The monoisotopic (exact) mass is 445 g/mol. The molecule has 0 saturated heterocycles. The molecule has 0 heterocycles. The van der Waals surface area contributed by atoms with Crippen LogP contribution in [0.3, 0.4) is 0 Å². The van der Waals surface area contributed by atoms with Crippen LogP contribution in [0.1, 0.15) is 16.7 Å². The van der Waals surface area contributed by atoms with E-state index in [9.17, 15) is 8.42 Å². The van der Waals surface area contributed by atoms with Crippen LogP contribution in [0, 0.1) is 5.41 Å². The lowest BCUT2D eigenvalue weighted by Crippen LogP contribution is -2.15. The number of sulfonamides is 1. The lowest BCUT2D eigenvalue weighted by Gasteiger charge is -2.11. The van der Waals surface area contributed by atoms with Crippen LogP contribution in [0.25, 0.3) is 0 Å². The molecule has 0 aliphatic heterocycles. The number of anilines is 1. The van der Waals surface area contributed by atoms with Crippen molar-refractivity contribution < 1.29 is 13.2 Å². The predicted molar refractivity (Wildman–Crippen MR) is 123 cm³/mol. The lowest BCUT2D eigenvalue weighted by atomic mass is 10.1. The standard InChI is InChI=1S/C22H23N3O3S.ClH/c23-22(24)19-11-9-17(10-12-19)13-14-28-21-8-4-7-20(15-21)25-29(26,27)16-18-5-2-1-3-6-18;/h1-12,15,25H,13-14,16H2,(H3,23,24);1H. The van der Waals surface area contributed by atoms with Crippen molar-refractivity contribution in [1.29, 1.82) is 5.41 Å². The molecule has 158 valence electrons. The number of hydrogen-bond donors (Lipinski definition) is 3. The maximum atomic E-state index is 12.4. The van der Waals surface area contributed by atoms with Gasteiger partial charge in [-0.2, -0.15) is 0 Å². The van der Waals surface area contributed by atoms with Crippen molar-refractivity contribution >= 4 is 34.0 Å². The quantitative estimate of drug-likeness (QED) is 0.342. The minimum Gasteiger partial charge on any atom is -0.493 e. The molecule has 3 aromatic carbocycles. The first-order valence-corrected chi connectivity index (χ1v) is 10.8. The van der Waals surface area contributed by atoms with Crippen molar-refractivity contribution in [2.45, 2.75) is 12.2 Å². The van der Waals surface area contributed by atoms with Crippen LogP contribution in [0.2, 0.25) is 0 Å². The fourth-order valence-corrected chi connectivity index (χ4v) is 3.99. The molecule has 0 spiro atoms. The predicted octanol–water partition coefficient (Wildman–Crippen LogP) is 3.96. The van der Waals surface area contributed by atoms with Crippen LogP contribution in [-0.2, 0) is 22.2 Å². The maximum absolute atomic E-state index is 12.4. The number of nitrogen functional groups attached to an aromatic ring is 1. The van der Waals surface area contributed by atoms with Crippen molar-refractivity contribution in [3.05, 3.63) is 95.6 Å². The second-order valence-corrected chi connectivity index (χ2v) is 8.31. The first-order chi connectivity index (χ1) is 13.9. The van der Waals surface area contributed by atoms with Gasteiger partial charge in [-0.1, -0.05) is 60.7 Å². The van der Waals surface area contributed by atoms with Gasteiger partial charge in [0, 0.05) is 18.1 Å². The van der Waals surface area contributed by atoms with E-state index >= 15 is 0 Å². The average molecular weight is 446 g/mol. The van der Waals surface area contributed by atoms with Crippen LogP contribution in [0.5, 0.6) is 5.75 Å². The Morgan fingerprint density at radius 2 is 1.63 bits per heavy atom. The molecular formula is C22H24ClN3O3S. The second kappa shape index (κ2) is 10.7. The SMILES string of the molecule is Cl.N=C(N)c1ccc(CCOc2cccc(NS(=O)(=O)Cc3ccccc3)c2)cc1. The highest BCUT2D eigenvalue weighted by Crippen LogP contribution is 2.20. The molecule has 4 N–H and O–H groups in total. The Labute approximate surface area is 183 Å². The molecule has 0 atom stereocenters. The molecule has 6 nitrogen and oxygen atoms in total. The van der Waals surface area contributed by atoms with Gasteiger partial charge in [0.05, 0.1) is 18.0 Å². The van der Waals surface area contributed by atoms with Crippen molar-refractivity contribution in [2.24, 2.45) is 5.73 Å². The third-order valence-corrected chi connectivity index (χ3v) is 5.49. The van der Waals surface area contributed by atoms with E-state index in [4.69, 9.17) is 15.9 Å². The summed E-state index contributed by atoms with van der Waals surface area (Å²) in [6.45, 7) is 0.444. The van der Waals surface area contributed by atoms with Gasteiger partial charge in [-0.15, -0.1) is 12.4 Å². The molecule has 3 rings (SSSR count). The Balaban J connectivity index is 0.00000320. The molecule has 0 amide bonds. The summed E-state index contributed by atoms with van der Waals surface area (Å²) in [4.78, 5) is 0. The van der Waals surface area contributed by atoms with Gasteiger partial charge in [-0.05, 0) is 23.3 Å². The normalized spacial score (nSPS) is 10.7. The molecule has 3 aromatic rings. The summed E-state index contributed by atoms with van der Waals surface area (Å²) < 4.78 is 33.1. The van der Waals surface area contributed by atoms with E-state index in [0.717, 1.165) is 11.1 Å². The molecule has 0 bridgehead atoms. The fraction of sp³-hybridized carbons (Fsp3) is 0.136. The number of halogens is 1. The van der Waals surface area contributed by atoms with Gasteiger partial charge in [0.2, 0.25) is 10.0 Å². The summed E-state index contributed by atoms with van der Waals surface area (Å²) in [5.41, 5.74) is 8.39. The van der Waals surface area contributed by atoms with Crippen LogP contribution < -0.4 is 15.2 Å². The third-order valence-electron chi connectivity index (χ3n) is 4.23. The molecule has 0 radical (unpaired) electrons. The van der Waals surface area contributed by atoms with Gasteiger partial charge in [0.1, 0.15) is 11.6 Å². The number of amidine groups is 1. The first-order valence-electron chi connectivity index (χ1n) is 9.12.